The van der Waals surface area contributed by atoms with Gasteiger partial charge in [-0.05, 0) is 42.2 Å². The van der Waals surface area contributed by atoms with E-state index in [1.165, 1.54) is 0 Å². The summed E-state index contributed by atoms with van der Waals surface area (Å²) < 4.78 is 6.54. The van der Waals surface area contributed by atoms with Gasteiger partial charge in [-0.25, -0.2) is 0 Å². The summed E-state index contributed by atoms with van der Waals surface area (Å²) in [5, 5.41) is 10.2. The standard InChI is InChI=1S/C20H28O2Si/c1-15(21)16-11-7-8-12-17(16)18-13-9-10-14-19(18)22-23(5,6)20(2,3)4/h7-15,21H,1-6H3. The summed E-state index contributed by atoms with van der Waals surface area (Å²) in [5.74, 6) is 0.909. The minimum atomic E-state index is -1.92. The van der Waals surface area contributed by atoms with Crippen molar-refractivity contribution in [1.29, 1.82) is 0 Å². The van der Waals surface area contributed by atoms with Gasteiger partial charge in [0, 0.05) is 5.56 Å². The van der Waals surface area contributed by atoms with Crippen molar-refractivity contribution in [2.24, 2.45) is 0 Å². The number of benzene rings is 2. The van der Waals surface area contributed by atoms with Gasteiger partial charge in [0.15, 0.2) is 0 Å². The van der Waals surface area contributed by atoms with E-state index in [9.17, 15) is 5.11 Å². The first-order chi connectivity index (χ1) is 10.6. The van der Waals surface area contributed by atoms with Crippen LogP contribution in [0.5, 0.6) is 5.75 Å². The summed E-state index contributed by atoms with van der Waals surface area (Å²) in [4.78, 5) is 0. The predicted octanol–water partition coefficient (Wildman–Crippen LogP) is 5.79. The van der Waals surface area contributed by atoms with E-state index in [0.29, 0.717) is 0 Å². The van der Waals surface area contributed by atoms with Crippen LogP contribution in [0.3, 0.4) is 0 Å². The van der Waals surface area contributed by atoms with Crippen LogP contribution in [0, 0.1) is 0 Å². The van der Waals surface area contributed by atoms with E-state index >= 15 is 0 Å². The molecule has 0 fully saturated rings. The van der Waals surface area contributed by atoms with E-state index < -0.39 is 14.4 Å². The SMILES string of the molecule is CC(O)c1ccccc1-c1ccccc1O[Si](C)(C)C(C)(C)C. The molecule has 0 radical (unpaired) electrons. The number of aliphatic hydroxyl groups excluding tert-OH is 1. The van der Waals surface area contributed by atoms with Crippen LogP contribution in [0.2, 0.25) is 18.1 Å². The zero-order chi connectivity index (χ0) is 17.3. The third-order valence-corrected chi connectivity index (χ3v) is 9.10. The van der Waals surface area contributed by atoms with Gasteiger partial charge in [0.1, 0.15) is 5.75 Å². The van der Waals surface area contributed by atoms with Crippen molar-refractivity contribution >= 4 is 8.32 Å². The van der Waals surface area contributed by atoms with E-state index in [4.69, 9.17) is 4.43 Å². The predicted molar refractivity (Wildman–Crippen MR) is 100 cm³/mol. The van der Waals surface area contributed by atoms with E-state index in [0.717, 1.165) is 22.4 Å². The minimum absolute atomic E-state index is 0.143. The number of hydrogen-bond donors (Lipinski definition) is 1. The molecule has 1 N–H and O–H groups in total. The Bertz CT molecular complexity index is 669. The molecule has 1 atom stereocenters. The van der Waals surface area contributed by atoms with Crippen LogP contribution in [0.1, 0.15) is 39.4 Å². The lowest BCUT2D eigenvalue weighted by Crippen LogP contribution is -2.44. The first-order valence-corrected chi connectivity index (χ1v) is 11.1. The smallest absolute Gasteiger partial charge is 0.250 e. The molecule has 0 saturated carbocycles. The summed E-state index contributed by atoms with van der Waals surface area (Å²) in [7, 11) is -1.92. The van der Waals surface area contributed by atoms with Crippen LogP contribution >= 0.6 is 0 Å². The van der Waals surface area contributed by atoms with Gasteiger partial charge in [-0.3, -0.25) is 0 Å². The first-order valence-electron chi connectivity index (χ1n) is 8.19. The van der Waals surface area contributed by atoms with E-state index in [1.54, 1.807) is 6.92 Å². The molecule has 0 saturated heterocycles. The van der Waals surface area contributed by atoms with Crippen LogP contribution in [0.25, 0.3) is 11.1 Å². The molecule has 2 nitrogen and oxygen atoms in total. The summed E-state index contributed by atoms with van der Waals surface area (Å²) in [6.45, 7) is 13.0. The normalized spacial score (nSPS) is 13.7. The quantitative estimate of drug-likeness (QED) is 0.720. The maximum atomic E-state index is 10.1. The van der Waals surface area contributed by atoms with Crippen LogP contribution < -0.4 is 4.43 Å². The fourth-order valence-electron chi connectivity index (χ4n) is 2.31. The van der Waals surface area contributed by atoms with Crippen molar-refractivity contribution in [1.82, 2.24) is 0 Å². The van der Waals surface area contributed by atoms with Gasteiger partial charge in [0.2, 0.25) is 0 Å². The van der Waals surface area contributed by atoms with Crippen molar-refractivity contribution in [2.45, 2.75) is 51.9 Å². The molecule has 0 spiro atoms. The lowest BCUT2D eigenvalue weighted by molar-refractivity contribution is 0.200. The molecule has 0 aromatic heterocycles. The molecule has 3 heteroatoms. The minimum Gasteiger partial charge on any atom is -0.543 e. The molecule has 2 aromatic carbocycles. The summed E-state index contributed by atoms with van der Waals surface area (Å²) >= 11 is 0. The van der Waals surface area contributed by atoms with Crippen LogP contribution in [0.4, 0.5) is 0 Å². The molecular weight excluding hydrogens is 300 g/mol. The highest BCUT2D eigenvalue weighted by molar-refractivity contribution is 6.74. The van der Waals surface area contributed by atoms with E-state index in [1.807, 2.05) is 36.4 Å². The maximum Gasteiger partial charge on any atom is 0.250 e. The highest BCUT2D eigenvalue weighted by Crippen LogP contribution is 2.41. The molecule has 2 aromatic rings. The Kier molecular flexibility index (Phi) is 5.02. The zero-order valence-corrected chi connectivity index (χ0v) is 16.1. The van der Waals surface area contributed by atoms with Gasteiger partial charge >= 0.3 is 0 Å². The van der Waals surface area contributed by atoms with Gasteiger partial charge < -0.3 is 9.53 Å². The zero-order valence-electron chi connectivity index (χ0n) is 15.1. The summed E-state index contributed by atoms with van der Waals surface area (Å²) in [6.07, 6.45) is -0.507. The van der Waals surface area contributed by atoms with Crippen LogP contribution in [-0.2, 0) is 0 Å². The molecule has 0 aliphatic rings. The van der Waals surface area contributed by atoms with Gasteiger partial charge in [0.25, 0.3) is 8.32 Å². The molecule has 1 unspecified atom stereocenters. The van der Waals surface area contributed by atoms with Crippen molar-refractivity contribution < 1.29 is 9.53 Å². The van der Waals surface area contributed by atoms with Crippen molar-refractivity contribution in [3.8, 4) is 16.9 Å². The molecular formula is C20H28O2Si. The Morgan fingerprint density at radius 1 is 0.913 bits per heavy atom. The first kappa shape index (κ1) is 17.8. The second kappa shape index (κ2) is 6.50. The van der Waals surface area contributed by atoms with Gasteiger partial charge in [0.05, 0.1) is 6.10 Å². The number of aliphatic hydroxyl groups is 1. The topological polar surface area (TPSA) is 29.5 Å². The summed E-state index contributed by atoms with van der Waals surface area (Å²) in [5.41, 5.74) is 3.02. The lowest BCUT2D eigenvalue weighted by atomic mass is 9.96. The van der Waals surface area contributed by atoms with E-state index in [2.05, 4.69) is 46.0 Å². The Morgan fingerprint density at radius 2 is 1.43 bits per heavy atom. The molecule has 0 bridgehead atoms. The van der Waals surface area contributed by atoms with Crippen molar-refractivity contribution in [3.05, 3.63) is 54.1 Å². The third kappa shape index (κ3) is 3.85. The average Bonchev–Trinajstić information content (AvgIpc) is 2.46. The number of para-hydroxylation sites is 1. The summed E-state index contributed by atoms with van der Waals surface area (Å²) in [6, 6.07) is 16.1. The Morgan fingerprint density at radius 3 is 2.00 bits per heavy atom. The lowest BCUT2D eigenvalue weighted by Gasteiger charge is -2.37. The van der Waals surface area contributed by atoms with Gasteiger partial charge in [-0.1, -0.05) is 63.2 Å². The molecule has 2 rings (SSSR count). The molecule has 0 amide bonds. The van der Waals surface area contributed by atoms with E-state index in [-0.39, 0.29) is 5.04 Å². The Balaban J connectivity index is 2.52. The van der Waals surface area contributed by atoms with Crippen LogP contribution in [-0.4, -0.2) is 13.4 Å². The molecule has 0 aliphatic heterocycles. The Labute approximate surface area is 141 Å². The monoisotopic (exact) mass is 328 g/mol. The average molecular weight is 329 g/mol. The van der Waals surface area contributed by atoms with Gasteiger partial charge in [-0.2, -0.15) is 0 Å². The molecule has 124 valence electrons. The molecule has 0 aliphatic carbocycles. The number of hydrogen-bond acceptors (Lipinski definition) is 2. The highest BCUT2D eigenvalue weighted by atomic mass is 28.4. The van der Waals surface area contributed by atoms with Gasteiger partial charge in [-0.15, -0.1) is 0 Å². The highest BCUT2D eigenvalue weighted by Gasteiger charge is 2.39. The largest absolute Gasteiger partial charge is 0.543 e. The second-order valence-electron chi connectivity index (χ2n) is 7.62. The second-order valence-corrected chi connectivity index (χ2v) is 12.3. The third-order valence-electron chi connectivity index (χ3n) is 4.76. The van der Waals surface area contributed by atoms with Crippen LogP contribution in [0.15, 0.2) is 48.5 Å². The fraction of sp³-hybridized carbons (Fsp3) is 0.400. The molecule has 0 heterocycles. The van der Waals surface area contributed by atoms with Crippen molar-refractivity contribution in [3.63, 3.8) is 0 Å². The van der Waals surface area contributed by atoms with Crippen molar-refractivity contribution in [2.75, 3.05) is 0 Å². The fourth-order valence-corrected chi connectivity index (χ4v) is 3.35. The number of rotatable bonds is 4. The molecule has 23 heavy (non-hydrogen) atoms. The Hall–Kier alpha value is -1.58. The maximum absolute atomic E-state index is 10.1.